The molecule has 0 saturated heterocycles. The summed E-state index contributed by atoms with van der Waals surface area (Å²) in [7, 11) is 0. The molecule has 0 aromatic carbocycles. The molecule has 0 bridgehead atoms. The first-order valence-corrected chi connectivity index (χ1v) is 43.4. The molecule has 1 rings (SSSR count). The van der Waals surface area contributed by atoms with Crippen molar-refractivity contribution in [2.75, 3.05) is 0 Å². The van der Waals surface area contributed by atoms with Gasteiger partial charge < -0.3 is 15.3 Å². The van der Waals surface area contributed by atoms with Crippen LogP contribution in [0.3, 0.4) is 0 Å². The average Bonchev–Trinajstić information content (AvgIpc) is 2.01. The molecule has 7 atom stereocenters. The topological polar surface area (TPSA) is 77.8 Å². The number of rotatable bonds is 80. The van der Waals surface area contributed by atoms with Gasteiger partial charge in [-0.15, -0.1) is 0 Å². The van der Waals surface area contributed by atoms with Crippen LogP contribution >= 0.6 is 0 Å². The number of carboxylic acid groups (broad SMARTS) is 1. The molecule has 544 valence electrons. The lowest BCUT2D eigenvalue weighted by atomic mass is 9.91. The lowest BCUT2D eigenvalue weighted by molar-refractivity contribution is -0.146. The molecular formula is C87H172O4. The Balaban J connectivity index is 1.77. The highest BCUT2D eigenvalue weighted by Crippen LogP contribution is 2.49. The van der Waals surface area contributed by atoms with Crippen molar-refractivity contribution in [3.63, 3.8) is 0 Å². The smallest absolute Gasteiger partial charge is 0.309 e. The standard InChI is InChI=1S/C87H172O4/c1-5-7-9-11-13-15-17-19-21-23-24-25-26-27-28-33-40-46-52-58-64-70-76-83(87(90)91)86(89)78-72-66-60-54-48-42-36-35-39-45-51-57-63-69-75-82-79-84(82)80(3)73-67-61-55-49-43-37-32-29-30-34-41-47-53-59-65-71-77-85(88)81(4)74-68-62-56-50-44-38-31-22-20-18-16-14-12-10-8-6-2/h80-86,88-89H,5-79H2,1-4H3,(H,90,91)/t80-,81+,82-,83-,84-,85+,86-/m1/s1. The molecule has 0 heterocycles. The number of aliphatic hydroxyl groups is 2. The summed E-state index contributed by atoms with van der Waals surface area (Å²) in [6.07, 6.45) is 102. The van der Waals surface area contributed by atoms with Crippen molar-refractivity contribution in [3.05, 3.63) is 0 Å². The van der Waals surface area contributed by atoms with Crippen molar-refractivity contribution in [2.45, 2.75) is 521 Å². The van der Waals surface area contributed by atoms with Gasteiger partial charge in [0.25, 0.3) is 0 Å². The van der Waals surface area contributed by atoms with Gasteiger partial charge in [-0.2, -0.15) is 0 Å². The van der Waals surface area contributed by atoms with Crippen molar-refractivity contribution in [3.8, 4) is 0 Å². The molecule has 0 unspecified atom stereocenters. The van der Waals surface area contributed by atoms with E-state index in [0.717, 1.165) is 49.9 Å². The molecule has 0 amide bonds. The van der Waals surface area contributed by atoms with Gasteiger partial charge in [0, 0.05) is 0 Å². The van der Waals surface area contributed by atoms with E-state index in [4.69, 9.17) is 0 Å². The number of unbranched alkanes of at least 4 members (excludes halogenated alkanes) is 64. The van der Waals surface area contributed by atoms with Crippen molar-refractivity contribution in [2.24, 2.45) is 29.6 Å². The minimum Gasteiger partial charge on any atom is -0.481 e. The number of aliphatic carboxylic acids is 1. The predicted molar refractivity (Wildman–Crippen MR) is 406 cm³/mol. The van der Waals surface area contributed by atoms with Gasteiger partial charge in [-0.1, -0.05) is 477 Å². The molecule has 1 saturated carbocycles. The van der Waals surface area contributed by atoms with Crippen LogP contribution in [0.4, 0.5) is 0 Å². The zero-order valence-electron chi connectivity index (χ0n) is 63.3. The summed E-state index contributed by atoms with van der Waals surface area (Å²) in [6, 6.07) is 0. The largest absolute Gasteiger partial charge is 0.481 e. The zero-order chi connectivity index (χ0) is 65.7. The van der Waals surface area contributed by atoms with Gasteiger partial charge >= 0.3 is 5.97 Å². The molecule has 4 heteroatoms. The molecule has 0 aliphatic heterocycles. The Hall–Kier alpha value is -0.610. The zero-order valence-corrected chi connectivity index (χ0v) is 63.3. The third-order valence-electron chi connectivity index (χ3n) is 22.8. The average molecular weight is 1280 g/mol. The SMILES string of the molecule is CCCCCCCCCCCCCCCCCCCCCCCC[C@@H](C(=O)O)[C@H](O)CCCCCCCCCCCCCCCC[C@@H]1C[C@@H]1[C@H](C)CCCCCCCCCCCCCCCCCC[C@H](O)[C@@H](C)CCCCCCCCCCCCCCCCCC. The molecule has 3 N–H and O–H groups in total. The second-order valence-corrected chi connectivity index (χ2v) is 31.8. The van der Waals surface area contributed by atoms with Crippen LogP contribution in [0.15, 0.2) is 0 Å². The van der Waals surface area contributed by atoms with Crippen molar-refractivity contribution >= 4 is 5.97 Å². The number of carbonyl (C=O) groups is 1. The highest BCUT2D eigenvalue weighted by molar-refractivity contribution is 5.70. The third kappa shape index (κ3) is 63.9. The first-order valence-electron chi connectivity index (χ1n) is 43.4. The minimum absolute atomic E-state index is 0.0809. The molecule has 1 aliphatic carbocycles. The maximum atomic E-state index is 12.0. The number of hydrogen-bond donors (Lipinski definition) is 3. The highest BCUT2D eigenvalue weighted by atomic mass is 16.4. The molecule has 0 radical (unpaired) electrons. The summed E-state index contributed by atoms with van der Waals surface area (Å²) in [6.45, 7) is 9.46. The quantitative estimate of drug-likeness (QED) is 0.0530. The van der Waals surface area contributed by atoms with Gasteiger partial charge in [-0.05, 0) is 55.8 Å². The van der Waals surface area contributed by atoms with E-state index in [0.29, 0.717) is 18.8 Å². The summed E-state index contributed by atoms with van der Waals surface area (Å²) in [4.78, 5) is 12.0. The summed E-state index contributed by atoms with van der Waals surface area (Å²) < 4.78 is 0. The molecule has 0 aromatic heterocycles. The number of carboxylic acids is 1. The predicted octanol–water partition coefficient (Wildman–Crippen LogP) is 30.2. The Morgan fingerprint density at radius 3 is 0.747 bits per heavy atom. The van der Waals surface area contributed by atoms with Crippen LogP contribution in [0.5, 0.6) is 0 Å². The van der Waals surface area contributed by atoms with E-state index in [1.165, 1.54) is 437 Å². The van der Waals surface area contributed by atoms with Crippen LogP contribution in [0.25, 0.3) is 0 Å². The Labute approximate surface area is 574 Å². The van der Waals surface area contributed by atoms with E-state index < -0.39 is 18.0 Å². The second-order valence-electron chi connectivity index (χ2n) is 31.8. The molecule has 0 aromatic rings. The van der Waals surface area contributed by atoms with E-state index in [9.17, 15) is 20.1 Å². The summed E-state index contributed by atoms with van der Waals surface area (Å²) in [5.41, 5.74) is 0. The van der Waals surface area contributed by atoms with Crippen molar-refractivity contribution < 1.29 is 20.1 Å². The summed E-state index contributed by atoms with van der Waals surface area (Å²) in [5.74, 6) is 2.16. The van der Waals surface area contributed by atoms with E-state index in [1.807, 2.05) is 0 Å². The molecule has 1 aliphatic rings. The fraction of sp³-hybridized carbons (Fsp3) is 0.989. The Morgan fingerprint density at radius 2 is 0.484 bits per heavy atom. The maximum Gasteiger partial charge on any atom is 0.309 e. The highest BCUT2D eigenvalue weighted by Gasteiger charge is 2.39. The van der Waals surface area contributed by atoms with E-state index in [-0.39, 0.29) is 6.10 Å². The van der Waals surface area contributed by atoms with Gasteiger partial charge in [0.1, 0.15) is 0 Å². The Kier molecular flexibility index (Phi) is 70.1. The third-order valence-corrected chi connectivity index (χ3v) is 22.8. The second kappa shape index (κ2) is 72.1. The van der Waals surface area contributed by atoms with E-state index in [2.05, 4.69) is 27.7 Å². The Bertz CT molecular complexity index is 1380. The van der Waals surface area contributed by atoms with Gasteiger partial charge in [0.05, 0.1) is 18.1 Å². The van der Waals surface area contributed by atoms with Crippen LogP contribution in [0.2, 0.25) is 0 Å². The number of aliphatic hydroxyl groups excluding tert-OH is 2. The molecule has 0 spiro atoms. The van der Waals surface area contributed by atoms with E-state index >= 15 is 0 Å². The molecular weight excluding hydrogens is 1110 g/mol. The Morgan fingerprint density at radius 1 is 0.275 bits per heavy atom. The minimum atomic E-state index is -0.799. The van der Waals surface area contributed by atoms with Crippen LogP contribution in [0.1, 0.15) is 509 Å². The number of hydrogen-bond acceptors (Lipinski definition) is 3. The fourth-order valence-electron chi connectivity index (χ4n) is 15.8. The molecule has 4 nitrogen and oxygen atoms in total. The first-order chi connectivity index (χ1) is 44.8. The van der Waals surface area contributed by atoms with Crippen LogP contribution < -0.4 is 0 Å². The van der Waals surface area contributed by atoms with Crippen molar-refractivity contribution in [1.82, 2.24) is 0 Å². The van der Waals surface area contributed by atoms with E-state index in [1.54, 1.807) is 0 Å². The van der Waals surface area contributed by atoms with Gasteiger partial charge in [0.15, 0.2) is 0 Å². The summed E-state index contributed by atoms with van der Waals surface area (Å²) >= 11 is 0. The summed E-state index contributed by atoms with van der Waals surface area (Å²) in [5, 5.41) is 31.3. The fourth-order valence-corrected chi connectivity index (χ4v) is 15.8. The monoisotopic (exact) mass is 1280 g/mol. The molecule has 1 fully saturated rings. The van der Waals surface area contributed by atoms with Gasteiger partial charge in [0.2, 0.25) is 0 Å². The maximum absolute atomic E-state index is 12.0. The lowest BCUT2D eigenvalue weighted by Gasteiger charge is -2.19. The van der Waals surface area contributed by atoms with Crippen LogP contribution in [0, 0.1) is 29.6 Å². The first kappa shape index (κ1) is 88.4. The van der Waals surface area contributed by atoms with Crippen molar-refractivity contribution in [1.29, 1.82) is 0 Å². The van der Waals surface area contributed by atoms with Crippen LogP contribution in [-0.4, -0.2) is 33.5 Å². The van der Waals surface area contributed by atoms with Gasteiger partial charge in [-0.25, -0.2) is 0 Å². The normalized spacial score (nSPS) is 15.8. The molecule has 91 heavy (non-hydrogen) atoms. The van der Waals surface area contributed by atoms with Gasteiger partial charge in [-0.3, -0.25) is 4.79 Å². The van der Waals surface area contributed by atoms with Crippen LogP contribution in [-0.2, 0) is 4.79 Å². The lowest BCUT2D eigenvalue weighted by Crippen LogP contribution is -2.28.